The minimum Gasteiger partial charge on any atom is -0.366 e. The van der Waals surface area contributed by atoms with Gasteiger partial charge in [-0.15, -0.1) is 6.58 Å². The summed E-state index contributed by atoms with van der Waals surface area (Å²) in [5.74, 6) is 1.16. The maximum atomic E-state index is 11.3. The maximum absolute atomic E-state index is 11.3. The lowest BCUT2D eigenvalue weighted by atomic mass is 10.0. The fraction of sp³-hybridized carbons (Fsp3) is 0.263. The Kier molecular flexibility index (Phi) is 5.02. The van der Waals surface area contributed by atoms with Crippen LogP contribution in [0.2, 0.25) is 0 Å². The van der Waals surface area contributed by atoms with Gasteiger partial charge in [0, 0.05) is 18.3 Å². The van der Waals surface area contributed by atoms with E-state index in [-0.39, 0.29) is 0 Å². The van der Waals surface area contributed by atoms with Crippen molar-refractivity contribution < 1.29 is 5.11 Å². The fourth-order valence-corrected chi connectivity index (χ4v) is 3.89. The number of aryl methyl sites for hydroxylation is 1. The van der Waals surface area contributed by atoms with Gasteiger partial charge in [0.05, 0.1) is 5.75 Å². The molecular formula is C19H21N3OS. The van der Waals surface area contributed by atoms with Gasteiger partial charge in [-0.05, 0) is 24.1 Å². The molecule has 1 aliphatic heterocycles. The van der Waals surface area contributed by atoms with Crippen LogP contribution in [0.4, 0.5) is 5.82 Å². The van der Waals surface area contributed by atoms with E-state index in [1.165, 1.54) is 17.3 Å². The van der Waals surface area contributed by atoms with Gasteiger partial charge in [0.25, 0.3) is 0 Å². The molecule has 1 N–H and O–H groups in total. The first-order valence-corrected chi connectivity index (χ1v) is 8.99. The van der Waals surface area contributed by atoms with Crippen LogP contribution in [0, 0.1) is 0 Å². The number of hydrogen-bond donors (Lipinski definition) is 1. The van der Waals surface area contributed by atoms with E-state index in [1.807, 2.05) is 35.2 Å². The number of hydrogen-bond acceptors (Lipinski definition) is 4. The first kappa shape index (κ1) is 16.7. The topological polar surface area (TPSA) is 48.7 Å². The summed E-state index contributed by atoms with van der Waals surface area (Å²) in [7, 11) is 0. The van der Waals surface area contributed by atoms with Gasteiger partial charge in [0.2, 0.25) is 0 Å². The smallest absolute Gasteiger partial charge is 0.175 e. The zero-order valence-electron chi connectivity index (χ0n) is 13.7. The molecule has 0 bridgehead atoms. The summed E-state index contributed by atoms with van der Waals surface area (Å²) in [6.45, 7) is 6.46. The molecule has 24 heavy (non-hydrogen) atoms. The molecule has 0 saturated carbocycles. The van der Waals surface area contributed by atoms with Crippen molar-refractivity contribution in [2.45, 2.75) is 19.1 Å². The molecule has 0 spiro atoms. The Morgan fingerprint density at radius 1 is 1.33 bits per heavy atom. The summed E-state index contributed by atoms with van der Waals surface area (Å²) < 4.78 is 0. The predicted octanol–water partition coefficient (Wildman–Crippen LogP) is 3.71. The van der Waals surface area contributed by atoms with Gasteiger partial charge in [-0.2, -0.15) is 0 Å². The van der Waals surface area contributed by atoms with Crippen LogP contribution in [0.25, 0.3) is 0 Å². The molecule has 0 amide bonds. The molecule has 1 saturated heterocycles. The number of nitrogens with zero attached hydrogens (tertiary/aromatic N) is 3. The maximum Gasteiger partial charge on any atom is 0.175 e. The number of aliphatic hydroxyl groups is 1. The third-order valence-electron chi connectivity index (χ3n) is 4.08. The van der Waals surface area contributed by atoms with Gasteiger partial charge in [0.1, 0.15) is 0 Å². The van der Waals surface area contributed by atoms with Crippen molar-refractivity contribution in [2.24, 2.45) is 4.99 Å². The third kappa shape index (κ3) is 3.23. The van der Waals surface area contributed by atoms with E-state index < -0.39 is 5.72 Å². The van der Waals surface area contributed by atoms with Gasteiger partial charge >= 0.3 is 0 Å². The molecule has 1 aromatic carbocycles. The Balaban J connectivity index is 1.95. The molecule has 1 atom stereocenters. The summed E-state index contributed by atoms with van der Waals surface area (Å²) in [4.78, 5) is 10.7. The minimum atomic E-state index is -1.08. The number of amidine groups is 1. The van der Waals surface area contributed by atoms with E-state index in [0.717, 1.165) is 17.2 Å². The van der Waals surface area contributed by atoms with Crippen molar-refractivity contribution in [3.63, 3.8) is 0 Å². The molecule has 0 aliphatic carbocycles. The Hall–Kier alpha value is -2.11. The van der Waals surface area contributed by atoms with Crippen molar-refractivity contribution in [1.29, 1.82) is 0 Å². The Labute approximate surface area is 147 Å². The second-order valence-corrected chi connectivity index (χ2v) is 6.58. The van der Waals surface area contributed by atoms with Gasteiger partial charge < -0.3 is 10.0 Å². The molecule has 0 radical (unpaired) electrons. The lowest BCUT2D eigenvalue weighted by molar-refractivity contribution is -0.0422. The summed E-state index contributed by atoms with van der Waals surface area (Å²) in [5, 5.41) is 12.1. The average Bonchev–Trinajstić information content (AvgIpc) is 2.94. The van der Waals surface area contributed by atoms with E-state index in [2.05, 4.69) is 35.6 Å². The second-order valence-electron chi connectivity index (χ2n) is 5.64. The zero-order chi connectivity index (χ0) is 17.0. The number of pyridine rings is 1. The molecule has 1 fully saturated rings. The normalized spacial score (nSPS) is 22.1. The Bertz CT molecular complexity index is 730. The lowest BCUT2D eigenvalue weighted by Crippen LogP contribution is -2.45. The van der Waals surface area contributed by atoms with Crippen LogP contribution in [0.5, 0.6) is 0 Å². The Morgan fingerprint density at radius 2 is 2.12 bits per heavy atom. The van der Waals surface area contributed by atoms with Crippen LogP contribution in [-0.2, 0) is 12.1 Å². The first-order chi connectivity index (χ1) is 11.7. The highest BCUT2D eigenvalue weighted by Crippen LogP contribution is 2.39. The van der Waals surface area contributed by atoms with Crippen molar-refractivity contribution in [1.82, 2.24) is 9.88 Å². The molecule has 3 rings (SSSR count). The zero-order valence-corrected chi connectivity index (χ0v) is 14.5. The fourth-order valence-electron chi connectivity index (χ4n) is 2.69. The van der Waals surface area contributed by atoms with Crippen molar-refractivity contribution in [3.05, 3.63) is 72.4 Å². The average molecular weight is 339 g/mol. The lowest BCUT2D eigenvalue weighted by Gasteiger charge is -2.33. The van der Waals surface area contributed by atoms with Gasteiger partial charge in [-0.3, -0.25) is 0 Å². The number of aromatic nitrogens is 1. The van der Waals surface area contributed by atoms with E-state index in [9.17, 15) is 5.11 Å². The molecule has 4 nitrogen and oxygen atoms in total. The van der Waals surface area contributed by atoms with Crippen molar-refractivity contribution >= 4 is 22.7 Å². The van der Waals surface area contributed by atoms with Crippen molar-refractivity contribution in [3.8, 4) is 0 Å². The van der Waals surface area contributed by atoms with E-state index in [0.29, 0.717) is 18.1 Å². The SMILES string of the molecule is C=CCN1/C(=N/c2ccccn2)SCC1(O)c1ccc(CC)cc1. The van der Waals surface area contributed by atoms with Crippen LogP contribution in [0.15, 0.2) is 66.3 Å². The first-order valence-electron chi connectivity index (χ1n) is 8.00. The van der Waals surface area contributed by atoms with Gasteiger partial charge in [0.15, 0.2) is 16.7 Å². The van der Waals surface area contributed by atoms with E-state index >= 15 is 0 Å². The van der Waals surface area contributed by atoms with Crippen LogP contribution >= 0.6 is 11.8 Å². The molecule has 1 aliphatic rings. The molecular weight excluding hydrogens is 318 g/mol. The Morgan fingerprint density at radius 3 is 2.75 bits per heavy atom. The summed E-state index contributed by atoms with van der Waals surface area (Å²) in [6, 6.07) is 13.7. The molecule has 1 aromatic heterocycles. The standard InChI is InChI=1S/C19H21N3OS/c1-3-13-22-18(21-17-7-5-6-12-20-17)24-14-19(22,23)16-10-8-15(4-2)9-11-16/h3,5-12,23H,1,4,13-14H2,2H3/b21-18-. The quantitative estimate of drug-likeness (QED) is 0.844. The predicted molar refractivity (Wildman–Crippen MR) is 100 cm³/mol. The summed E-state index contributed by atoms with van der Waals surface area (Å²) in [5.41, 5.74) is 1.05. The largest absolute Gasteiger partial charge is 0.366 e. The van der Waals surface area contributed by atoms with Crippen LogP contribution in [-0.4, -0.2) is 32.5 Å². The second kappa shape index (κ2) is 7.20. The highest BCUT2D eigenvalue weighted by Gasteiger charge is 2.44. The number of benzene rings is 1. The molecule has 2 aromatic rings. The van der Waals surface area contributed by atoms with E-state index in [4.69, 9.17) is 0 Å². The van der Waals surface area contributed by atoms with Crippen LogP contribution in [0.3, 0.4) is 0 Å². The highest BCUT2D eigenvalue weighted by molar-refractivity contribution is 8.14. The van der Waals surface area contributed by atoms with Crippen LogP contribution < -0.4 is 0 Å². The number of thioether (sulfide) groups is 1. The molecule has 124 valence electrons. The van der Waals surface area contributed by atoms with Crippen LogP contribution in [0.1, 0.15) is 18.1 Å². The number of rotatable bonds is 5. The van der Waals surface area contributed by atoms with Gasteiger partial charge in [-0.1, -0.05) is 55.1 Å². The minimum absolute atomic E-state index is 0.519. The molecule has 5 heteroatoms. The van der Waals surface area contributed by atoms with E-state index in [1.54, 1.807) is 12.3 Å². The molecule has 1 unspecified atom stereocenters. The summed E-state index contributed by atoms with van der Waals surface area (Å²) in [6.07, 6.45) is 4.48. The monoisotopic (exact) mass is 339 g/mol. The molecule has 2 heterocycles. The van der Waals surface area contributed by atoms with Crippen molar-refractivity contribution in [2.75, 3.05) is 12.3 Å². The summed E-state index contributed by atoms with van der Waals surface area (Å²) >= 11 is 1.54. The third-order valence-corrected chi connectivity index (χ3v) is 5.19. The number of aliphatic imine (C=N–C) groups is 1. The highest BCUT2D eigenvalue weighted by atomic mass is 32.2. The van der Waals surface area contributed by atoms with Gasteiger partial charge in [-0.25, -0.2) is 9.98 Å².